The van der Waals surface area contributed by atoms with E-state index in [9.17, 15) is 34.4 Å². The van der Waals surface area contributed by atoms with Gasteiger partial charge in [-0.3, -0.25) is 13.8 Å². The average molecular weight is 789 g/mol. The first-order valence-corrected chi connectivity index (χ1v) is 19.8. The van der Waals surface area contributed by atoms with Gasteiger partial charge >= 0.3 is 14.0 Å². The van der Waals surface area contributed by atoms with E-state index in [0.29, 0.717) is 19.3 Å². The number of nitrogens with one attached hydrogen (secondary N) is 2. The number of aliphatic hydroxyl groups is 3. The van der Waals surface area contributed by atoms with E-state index in [0.717, 1.165) is 62.7 Å². The van der Waals surface area contributed by atoms with Crippen LogP contribution in [0.25, 0.3) is 0 Å². The molecule has 0 bridgehead atoms. The SMILES string of the molecule is [B][C@@H]1O[C@H](COC(=O)OCc2ccccc2)C(OP(=O)(O)OC)[C@@H]1CCCCCCCNC(=S)CCCCO[C@@H]1O[C@H](CO)[C@H](O)[C@H](O)[C@H]1NC(C)=O. The molecule has 2 radical (unpaired) electrons. The quantitative estimate of drug-likeness (QED) is 0.0308. The van der Waals surface area contributed by atoms with Crippen molar-refractivity contribution in [1.82, 2.24) is 10.6 Å². The standard InChI is InChI=1S/C34H54BN2O14PS/c1-22(39)37-28-30(41)29(40)25(19-38)50-33(28)46-18-12-10-16-27(53)36-17-11-5-3-4-9-15-24-31(51-52(43,44)45-2)26(49-32(24)35)21-48-34(42)47-20-23-13-7-6-8-14-23/h6-8,13-14,24-26,28-33,38,40-41H,3-5,9-12,15-21H2,1-2H3,(H,36,53)(H,37,39)(H,43,44)/t24-,25+,26+,28+,29-,30+,31?,32+,33+/m0/s1. The lowest BCUT2D eigenvalue weighted by atomic mass is 9.81. The third-order valence-corrected chi connectivity index (χ3v) is 10.3. The van der Waals surface area contributed by atoms with Crippen molar-refractivity contribution in [2.75, 3.05) is 33.5 Å². The minimum absolute atomic E-state index is 0.0257. The van der Waals surface area contributed by atoms with Crippen LogP contribution in [0.15, 0.2) is 30.3 Å². The Labute approximate surface area is 317 Å². The number of aliphatic hydroxyl groups excluding tert-OH is 3. The van der Waals surface area contributed by atoms with Gasteiger partial charge in [0, 0.05) is 39.1 Å². The molecule has 0 aliphatic carbocycles. The number of unbranched alkanes of at least 4 members (excludes halogenated alkanes) is 5. The maximum absolute atomic E-state index is 12.3. The number of hydrogen-bond donors (Lipinski definition) is 6. The van der Waals surface area contributed by atoms with Crippen molar-refractivity contribution < 1.29 is 67.1 Å². The van der Waals surface area contributed by atoms with E-state index in [1.54, 1.807) is 12.1 Å². The summed E-state index contributed by atoms with van der Waals surface area (Å²) in [6.07, 6.45) is -0.483. The predicted octanol–water partition coefficient (Wildman–Crippen LogP) is 2.37. The summed E-state index contributed by atoms with van der Waals surface area (Å²) >= 11 is 5.45. The molecule has 2 aliphatic rings. The topological polar surface area (TPSA) is 221 Å². The van der Waals surface area contributed by atoms with Crippen LogP contribution in [-0.2, 0) is 48.7 Å². The van der Waals surface area contributed by atoms with E-state index < -0.39 is 81.3 Å². The van der Waals surface area contributed by atoms with E-state index in [-0.39, 0.29) is 19.8 Å². The average Bonchev–Trinajstić information content (AvgIpc) is 3.42. The highest BCUT2D eigenvalue weighted by atomic mass is 32.1. The lowest BCUT2D eigenvalue weighted by Crippen LogP contribution is -2.64. The fourth-order valence-electron chi connectivity index (χ4n) is 6.11. The van der Waals surface area contributed by atoms with Gasteiger partial charge in [0.25, 0.3) is 0 Å². The normalized spacial score (nSPS) is 28.2. The molecule has 1 aromatic carbocycles. The number of hydrogen-bond acceptors (Lipinski definition) is 14. The van der Waals surface area contributed by atoms with Gasteiger partial charge in [-0.25, -0.2) is 9.36 Å². The van der Waals surface area contributed by atoms with Gasteiger partial charge in [0.1, 0.15) is 57.6 Å². The predicted molar refractivity (Wildman–Crippen MR) is 196 cm³/mol. The van der Waals surface area contributed by atoms with Crippen LogP contribution in [0.5, 0.6) is 0 Å². The molecule has 2 heterocycles. The highest BCUT2D eigenvalue weighted by Gasteiger charge is 2.47. The fourth-order valence-corrected chi connectivity index (χ4v) is 7.04. The largest absolute Gasteiger partial charge is 0.508 e. The zero-order chi connectivity index (χ0) is 38.8. The second-order valence-corrected chi connectivity index (χ2v) is 15.0. The number of carbonyl (C=O) groups excluding carboxylic acids is 2. The summed E-state index contributed by atoms with van der Waals surface area (Å²) in [7, 11) is 2.91. The molecule has 2 fully saturated rings. The summed E-state index contributed by atoms with van der Waals surface area (Å²) in [6.45, 7) is 1.50. The molecule has 2 unspecified atom stereocenters. The van der Waals surface area contributed by atoms with Crippen molar-refractivity contribution in [2.24, 2.45) is 5.92 Å². The summed E-state index contributed by atoms with van der Waals surface area (Å²) < 4.78 is 49.8. The highest BCUT2D eigenvalue weighted by molar-refractivity contribution is 7.80. The first kappa shape index (κ1) is 45.2. The summed E-state index contributed by atoms with van der Waals surface area (Å²) in [5.74, 6) is -0.850. The van der Waals surface area contributed by atoms with E-state index >= 15 is 0 Å². The number of benzene rings is 1. The van der Waals surface area contributed by atoms with Gasteiger partial charge < -0.3 is 54.5 Å². The number of phosphoric ester groups is 1. The van der Waals surface area contributed by atoms with E-state index in [2.05, 4.69) is 15.2 Å². The third-order valence-electron chi connectivity index (χ3n) is 8.96. The zero-order valence-corrected chi connectivity index (χ0v) is 32.0. The van der Waals surface area contributed by atoms with Gasteiger partial charge in [-0.2, -0.15) is 0 Å². The van der Waals surface area contributed by atoms with Crippen molar-refractivity contribution in [2.45, 2.75) is 120 Å². The summed E-state index contributed by atoms with van der Waals surface area (Å²) in [6, 6.07) is 7.32. The molecule has 2 aliphatic heterocycles. The molecule has 1 aromatic rings. The van der Waals surface area contributed by atoms with Crippen LogP contribution in [-0.4, -0.2) is 127 Å². The molecular formula is C34H54BN2O14PS. The molecular weight excluding hydrogens is 734 g/mol. The Kier molecular flexibility index (Phi) is 20.2. The van der Waals surface area contributed by atoms with Crippen molar-refractivity contribution in [3.63, 3.8) is 0 Å². The molecule has 53 heavy (non-hydrogen) atoms. The van der Waals surface area contributed by atoms with Gasteiger partial charge in [-0.15, -0.1) is 0 Å². The summed E-state index contributed by atoms with van der Waals surface area (Å²) in [4.78, 5) is 34.5. The molecule has 1 amide bonds. The van der Waals surface area contributed by atoms with Crippen molar-refractivity contribution >= 4 is 44.9 Å². The van der Waals surface area contributed by atoms with Crippen LogP contribution in [0, 0.1) is 5.92 Å². The minimum atomic E-state index is -4.39. The van der Waals surface area contributed by atoms with Gasteiger partial charge in [-0.05, 0) is 37.7 Å². The van der Waals surface area contributed by atoms with Gasteiger partial charge in [-0.1, -0.05) is 68.2 Å². The third kappa shape index (κ3) is 15.8. The molecule has 10 atom stereocenters. The van der Waals surface area contributed by atoms with Crippen molar-refractivity contribution in [1.29, 1.82) is 0 Å². The Morgan fingerprint density at radius 1 is 0.981 bits per heavy atom. The van der Waals surface area contributed by atoms with Crippen LogP contribution in [0.2, 0.25) is 0 Å². The van der Waals surface area contributed by atoms with Crippen molar-refractivity contribution in [3.8, 4) is 0 Å². The van der Waals surface area contributed by atoms with E-state index in [4.69, 9.17) is 48.3 Å². The highest BCUT2D eigenvalue weighted by Crippen LogP contribution is 2.48. The molecule has 6 N–H and O–H groups in total. The first-order valence-electron chi connectivity index (χ1n) is 17.9. The Morgan fingerprint density at radius 2 is 1.70 bits per heavy atom. The molecule has 3 rings (SSSR count). The molecule has 0 saturated carbocycles. The van der Waals surface area contributed by atoms with Crippen molar-refractivity contribution in [3.05, 3.63) is 35.9 Å². The zero-order valence-electron chi connectivity index (χ0n) is 30.3. The Bertz CT molecular complexity index is 1310. The van der Waals surface area contributed by atoms with Crippen LogP contribution < -0.4 is 10.6 Å². The van der Waals surface area contributed by atoms with E-state index in [1.165, 1.54) is 6.92 Å². The number of rotatable bonds is 23. The number of phosphoric acid groups is 1. The lowest BCUT2D eigenvalue weighted by molar-refractivity contribution is -0.270. The number of amides is 1. The minimum Gasteiger partial charge on any atom is -0.431 e. The lowest BCUT2D eigenvalue weighted by Gasteiger charge is -2.42. The first-order chi connectivity index (χ1) is 25.3. The monoisotopic (exact) mass is 788 g/mol. The van der Waals surface area contributed by atoms with Crippen LogP contribution >= 0.6 is 20.0 Å². The van der Waals surface area contributed by atoms with Gasteiger partial charge in [0.15, 0.2) is 6.29 Å². The number of ether oxygens (including phenoxy) is 5. The van der Waals surface area contributed by atoms with Gasteiger partial charge in [0.2, 0.25) is 5.91 Å². The number of thiocarbonyl (C=S) groups is 1. The smallest absolute Gasteiger partial charge is 0.431 e. The Balaban J connectivity index is 1.28. The maximum Gasteiger partial charge on any atom is 0.508 e. The maximum atomic E-state index is 12.3. The molecule has 0 spiro atoms. The van der Waals surface area contributed by atoms with Gasteiger partial charge in [0.05, 0.1) is 11.6 Å². The fraction of sp³-hybridized carbons (Fsp3) is 0.735. The molecule has 0 aromatic heterocycles. The van der Waals surface area contributed by atoms with Crippen LogP contribution in [0.3, 0.4) is 0 Å². The summed E-state index contributed by atoms with van der Waals surface area (Å²) in [5.41, 5.74) is 0.789. The molecule has 16 nitrogen and oxygen atoms in total. The summed E-state index contributed by atoms with van der Waals surface area (Å²) in [5, 5.41) is 35.7. The number of carbonyl (C=O) groups is 2. The molecule has 2 saturated heterocycles. The molecule has 298 valence electrons. The van der Waals surface area contributed by atoms with E-state index in [1.807, 2.05) is 18.2 Å². The second-order valence-electron chi connectivity index (χ2n) is 13.0. The Morgan fingerprint density at radius 3 is 2.40 bits per heavy atom. The van der Waals surface area contributed by atoms with Crippen LogP contribution in [0.1, 0.15) is 70.3 Å². The second kappa shape index (κ2) is 23.6. The van der Waals surface area contributed by atoms with Crippen LogP contribution in [0.4, 0.5) is 4.79 Å². The molecule has 19 heteroatoms. The Hall–Kier alpha value is -2.22.